The maximum atomic E-state index is 12.6. The van der Waals surface area contributed by atoms with Crippen LogP contribution in [0.3, 0.4) is 0 Å². The molecule has 112 valence electrons. The number of nitrogens with zero attached hydrogens (tertiary/aromatic N) is 3. The van der Waals surface area contributed by atoms with Gasteiger partial charge in [-0.3, -0.25) is 5.43 Å². The van der Waals surface area contributed by atoms with Gasteiger partial charge >= 0.3 is 0 Å². The van der Waals surface area contributed by atoms with Crippen LogP contribution in [0.25, 0.3) is 0 Å². The van der Waals surface area contributed by atoms with Gasteiger partial charge in [0, 0.05) is 12.6 Å². The number of nitrogens with two attached hydrogens (primary N) is 1. The van der Waals surface area contributed by atoms with E-state index in [9.17, 15) is 8.42 Å². The minimum atomic E-state index is -3.62. The van der Waals surface area contributed by atoms with Crippen molar-refractivity contribution in [3.63, 3.8) is 0 Å². The second kappa shape index (κ2) is 6.00. The Bertz CT molecular complexity index is 548. The van der Waals surface area contributed by atoms with Crippen molar-refractivity contribution in [1.82, 2.24) is 14.3 Å². The van der Waals surface area contributed by atoms with Gasteiger partial charge in [0.05, 0.1) is 25.1 Å². The molecule has 1 aliphatic rings. The highest BCUT2D eigenvalue weighted by Gasteiger charge is 2.35. The van der Waals surface area contributed by atoms with E-state index in [0.29, 0.717) is 19.6 Å². The monoisotopic (exact) mass is 301 g/mol. The Balaban J connectivity index is 2.31. The van der Waals surface area contributed by atoms with E-state index in [1.807, 2.05) is 13.8 Å². The van der Waals surface area contributed by atoms with Crippen LogP contribution in [0.1, 0.15) is 20.3 Å². The molecule has 1 aromatic heterocycles. The Hall–Kier alpha value is -1.29. The van der Waals surface area contributed by atoms with Crippen LogP contribution < -0.4 is 11.3 Å². The van der Waals surface area contributed by atoms with Gasteiger partial charge in [0.1, 0.15) is 4.90 Å². The van der Waals surface area contributed by atoms with Crippen LogP contribution in [0.15, 0.2) is 17.3 Å². The van der Waals surface area contributed by atoms with Crippen molar-refractivity contribution in [2.45, 2.75) is 37.3 Å². The van der Waals surface area contributed by atoms with Crippen molar-refractivity contribution in [3.8, 4) is 0 Å². The highest BCUT2D eigenvalue weighted by atomic mass is 32.2. The highest BCUT2D eigenvalue weighted by molar-refractivity contribution is 7.89. The number of morpholine rings is 1. The topological polar surface area (TPSA) is 110 Å². The maximum absolute atomic E-state index is 12.6. The average molecular weight is 301 g/mol. The third-order valence-corrected chi connectivity index (χ3v) is 5.12. The summed E-state index contributed by atoms with van der Waals surface area (Å²) in [4.78, 5) is 7.75. The summed E-state index contributed by atoms with van der Waals surface area (Å²) in [5.74, 6) is 5.33. The lowest BCUT2D eigenvalue weighted by Gasteiger charge is -2.37. The summed E-state index contributed by atoms with van der Waals surface area (Å²) in [6.07, 6.45) is 3.07. The smallest absolute Gasteiger partial charge is 0.246 e. The first kappa shape index (κ1) is 15.1. The lowest BCUT2D eigenvalue weighted by atomic mass is 10.2. The van der Waals surface area contributed by atoms with E-state index in [1.54, 1.807) is 0 Å². The number of nitrogens with one attached hydrogen (secondary N) is 1. The zero-order valence-electron chi connectivity index (χ0n) is 11.5. The van der Waals surface area contributed by atoms with Gasteiger partial charge in [-0.15, -0.1) is 0 Å². The van der Waals surface area contributed by atoms with Crippen LogP contribution in [-0.4, -0.2) is 48.0 Å². The molecule has 8 nitrogen and oxygen atoms in total. The minimum Gasteiger partial charge on any atom is -0.375 e. The van der Waals surface area contributed by atoms with E-state index in [0.717, 1.165) is 0 Å². The molecule has 0 saturated carbocycles. The van der Waals surface area contributed by atoms with Gasteiger partial charge in [-0.25, -0.2) is 24.2 Å². The molecule has 1 aromatic rings. The van der Waals surface area contributed by atoms with Crippen LogP contribution in [0.4, 0.5) is 5.95 Å². The van der Waals surface area contributed by atoms with E-state index < -0.39 is 10.0 Å². The molecule has 2 unspecified atom stereocenters. The molecule has 2 heterocycles. The van der Waals surface area contributed by atoms with Crippen molar-refractivity contribution in [3.05, 3.63) is 12.4 Å². The molecule has 1 fully saturated rings. The van der Waals surface area contributed by atoms with Crippen LogP contribution in [0, 0.1) is 0 Å². The standard InChI is InChI=1S/C11H19N5O3S/c1-3-9-7-19-8(2)6-16(9)20(17,18)10-4-13-11(15-12)14-5-10/h4-5,8-9H,3,6-7,12H2,1-2H3,(H,13,14,15). The van der Waals surface area contributed by atoms with E-state index in [4.69, 9.17) is 10.6 Å². The van der Waals surface area contributed by atoms with Gasteiger partial charge in [0.15, 0.2) is 0 Å². The van der Waals surface area contributed by atoms with Gasteiger partial charge in [-0.05, 0) is 13.3 Å². The summed E-state index contributed by atoms with van der Waals surface area (Å²) in [6.45, 7) is 4.52. The number of anilines is 1. The quantitative estimate of drug-likeness (QED) is 0.592. The molecule has 0 aliphatic carbocycles. The number of sulfonamides is 1. The molecule has 1 aliphatic heterocycles. The molecule has 0 aromatic carbocycles. The Morgan fingerprint density at radius 3 is 2.70 bits per heavy atom. The Morgan fingerprint density at radius 1 is 1.50 bits per heavy atom. The summed E-state index contributed by atoms with van der Waals surface area (Å²) >= 11 is 0. The summed E-state index contributed by atoms with van der Waals surface area (Å²) in [7, 11) is -3.62. The molecule has 0 radical (unpaired) electrons. The van der Waals surface area contributed by atoms with E-state index in [2.05, 4.69) is 15.4 Å². The van der Waals surface area contributed by atoms with Gasteiger partial charge in [-0.2, -0.15) is 4.31 Å². The zero-order chi connectivity index (χ0) is 14.8. The molecular formula is C11H19N5O3S. The Morgan fingerprint density at radius 2 is 2.15 bits per heavy atom. The molecule has 0 amide bonds. The van der Waals surface area contributed by atoms with Crippen molar-refractivity contribution >= 4 is 16.0 Å². The molecule has 20 heavy (non-hydrogen) atoms. The molecule has 9 heteroatoms. The first-order valence-electron chi connectivity index (χ1n) is 6.41. The third-order valence-electron chi connectivity index (χ3n) is 3.25. The Kier molecular flexibility index (Phi) is 4.53. The first-order chi connectivity index (χ1) is 9.48. The number of aromatic nitrogens is 2. The number of ether oxygens (including phenoxy) is 1. The van der Waals surface area contributed by atoms with E-state index >= 15 is 0 Å². The molecule has 2 atom stereocenters. The van der Waals surface area contributed by atoms with Crippen molar-refractivity contribution < 1.29 is 13.2 Å². The van der Waals surface area contributed by atoms with Gasteiger partial charge in [0.2, 0.25) is 16.0 Å². The average Bonchev–Trinajstić information content (AvgIpc) is 2.47. The van der Waals surface area contributed by atoms with Crippen molar-refractivity contribution in [2.24, 2.45) is 5.84 Å². The lowest BCUT2D eigenvalue weighted by molar-refractivity contribution is -0.0230. The van der Waals surface area contributed by atoms with Crippen LogP contribution in [0.2, 0.25) is 0 Å². The largest absolute Gasteiger partial charge is 0.375 e. The van der Waals surface area contributed by atoms with Gasteiger partial charge < -0.3 is 4.74 Å². The number of hydrogen-bond acceptors (Lipinski definition) is 7. The molecule has 0 bridgehead atoms. The summed E-state index contributed by atoms with van der Waals surface area (Å²) in [6, 6.07) is -0.163. The summed E-state index contributed by atoms with van der Waals surface area (Å²) < 4.78 is 32.3. The number of hydrazine groups is 1. The predicted octanol–water partition coefficient (Wildman–Crippen LogP) is -0.0498. The fourth-order valence-electron chi connectivity index (χ4n) is 2.09. The molecule has 1 saturated heterocycles. The molecule has 0 spiro atoms. The summed E-state index contributed by atoms with van der Waals surface area (Å²) in [5, 5.41) is 0. The van der Waals surface area contributed by atoms with Crippen LogP contribution in [-0.2, 0) is 14.8 Å². The summed E-state index contributed by atoms with van der Waals surface area (Å²) in [5.41, 5.74) is 2.26. The highest BCUT2D eigenvalue weighted by Crippen LogP contribution is 2.23. The Labute approximate surface area is 118 Å². The lowest BCUT2D eigenvalue weighted by Crippen LogP contribution is -2.51. The van der Waals surface area contributed by atoms with Crippen molar-refractivity contribution in [1.29, 1.82) is 0 Å². The normalized spacial score (nSPS) is 24.6. The first-order valence-corrected chi connectivity index (χ1v) is 7.85. The van der Waals surface area contributed by atoms with E-state index in [1.165, 1.54) is 16.7 Å². The predicted molar refractivity (Wildman–Crippen MR) is 73.2 cm³/mol. The second-order valence-corrected chi connectivity index (χ2v) is 6.56. The van der Waals surface area contributed by atoms with E-state index in [-0.39, 0.29) is 23.0 Å². The zero-order valence-corrected chi connectivity index (χ0v) is 12.3. The minimum absolute atomic E-state index is 0.0593. The van der Waals surface area contributed by atoms with Gasteiger partial charge in [-0.1, -0.05) is 6.92 Å². The molecular weight excluding hydrogens is 282 g/mol. The SMILES string of the molecule is CCC1COC(C)CN1S(=O)(=O)c1cnc(NN)nc1. The van der Waals surface area contributed by atoms with Gasteiger partial charge in [0.25, 0.3) is 0 Å². The van der Waals surface area contributed by atoms with Crippen LogP contribution in [0.5, 0.6) is 0 Å². The van der Waals surface area contributed by atoms with Crippen molar-refractivity contribution in [2.75, 3.05) is 18.6 Å². The molecule has 2 rings (SSSR count). The number of rotatable bonds is 4. The maximum Gasteiger partial charge on any atom is 0.246 e. The van der Waals surface area contributed by atoms with Crippen LogP contribution >= 0.6 is 0 Å². The number of nitrogen functional groups attached to an aromatic ring is 1. The molecule has 3 N–H and O–H groups in total. The fourth-order valence-corrected chi connectivity index (χ4v) is 3.74. The fraction of sp³-hybridized carbons (Fsp3) is 0.636. The third kappa shape index (κ3) is 2.90. The number of hydrogen-bond donors (Lipinski definition) is 2. The second-order valence-electron chi connectivity index (χ2n) is 4.67.